The van der Waals surface area contributed by atoms with Crippen molar-refractivity contribution in [2.45, 2.75) is 24.6 Å². The third-order valence-electron chi connectivity index (χ3n) is 3.26. The first kappa shape index (κ1) is 13.4. The van der Waals surface area contributed by atoms with Gasteiger partial charge in [0.05, 0.1) is 7.11 Å². The van der Waals surface area contributed by atoms with Crippen LogP contribution in [0.4, 0.5) is 0 Å². The van der Waals surface area contributed by atoms with Crippen molar-refractivity contribution in [2.24, 2.45) is 5.92 Å². The molecule has 1 aliphatic rings. The van der Waals surface area contributed by atoms with Gasteiger partial charge in [0.1, 0.15) is 5.75 Å². The average molecular weight is 312 g/mol. The van der Waals surface area contributed by atoms with Crippen LogP contribution in [0, 0.1) is 12.8 Å². The summed E-state index contributed by atoms with van der Waals surface area (Å²) in [6.07, 6.45) is 2.54. The largest absolute Gasteiger partial charge is 0.496 e. The molecule has 1 amide bonds. The van der Waals surface area contributed by atoms with Crippen LogP contribution < -0.4 is 10.1 Å². The lowest BCUT2D eigenvalue weighted by molar-refractivity contribution is 0.0953. The molecule has 1 fully saturated rings. The van der Waals surface area contributed by atoms with Gasteiger partial charge in [-0.1, -0.05) is 22.0 Å². The van der Waals surface area contributed by atoms with Crippen molar-refractivity contribution >= 4 is 21.8 Å². The van der Waals surface area contributed by atoms with E-state index in [-0.39, 0.29) is 5.91 Å². The number of hydrogen-bond donors (Lipinski definition) is 1. The molecule has 1 unspecified atom stereocenters. The van der Waals surface area contributed by atoms with Gasteiger partial charge in [-0.15, -0.1) is 0 Å². The number of benzene rings is 1. The topological polar surface area (TPSA) is 38.3 Å². The van der Waals surface area contributed by atoms with E-state index in [1.807, 2.05) is 19.1 Å². The van der Waals surface area contributed by atoms with Crippen LogP contribution in [-0.4, -0.2) is 24.4 Å². The molecule has 1 saturated carbocycles. The van der Waals surface area contributed by atoms with Crippen molar-refractivity contribution in [3.05, 3.63) is 29.3 Å². The molecule has 0 spiro atoms. The molecule has 1 aromatic rings. The van der Waals surface area contributed by atoms with Crippen LogP contribution in [0.2, 0.25) is 0 Å². The Balaban J connectivity index is 1.95. The highest BCUT2D eigenvalue weighted by Gasteiger charge is 2.29. The van der Waals surface area contributed by atoms with Gasteiger partial charge in [0, 0.05) is 16.9 Å². The predicted octanol–water partition coefficient (Wildman–Crippen LogP) is 2.91. The summed E-state index contributed by atoms with van der Waals surface area (Å²) < 4.78 is 5.22. The summed E-state index contributed by atoms with van der Waals surface area (Å²) in [4.78, 5) is 12.4. The molecular formula is C14H18BrNO2. The van der Waals surface area contributed by atoms with E-state index in [1.54, 1.807) is 13.2 Å². The average Bonchev–Trinajstić information content (AvgIpc) is 3.20. The zero-order chi connectivity index (χ0) is 13.1. The van der Waals surface area contributed by atoms with E-state index in [2.05, 4.69) is 21.2 Å². The molecule has 18 heavy (non-hydrogen) atoms. The Labute approximate surface area is 116 Å². The molecule has 0 heterocycles. The summed E-state index contributed by atoms with van der Waals surface area (Å²) >= 11 is 3.61. The van der Waals surface area contributed by atoms with E-state index in [0.29, 0.717) is 16.9 Å². The number of alkyl halides is 1. The number of carbonyl (C=O) groups excluding carboxylic acids is 1. The number of rotatable bonds is 5. The van der Waals surface area contributed by atoms with Crippen molar-refractivity contribution in [1.29, 1.82) is 0 Å². The predicted molar refractivity (Wildman–Crippen MR) is 75.5 cm³/mol. The minimum atomic E-state index is -0.0431. The molecule has 1 atom stereocenters. The molecule has 0 saturated heterocycles. The third-order valence-corrected chi connectivity index (χ3v) is 4.33. The minimum absolute atomic E-state index is 0.0431. The van der Waals surface area contributed by atoms with Crippen LogP contribution in [0.3, 0.4) is 0 Å². The number of carbonyl (C=O) groups is 1. The van der Waals surface area contributed by atoms with Gasteiger partial charge >= 0.3 is 0 Å². The highest BCUT2D eigenvalue weighted by Crippen LogP contribution is 2.36. The number of ether oxygens (including phenoxy) is 1. The highest BCUT2D eigenvalue weighted by molar-refractivity contribution is 9.09. The monoisotopic (exact) mass is 311 g/mol. The first-order chi connectivity index (χ1) is 8.61. The molecule has 1 aliphatic carbocycles. The van der Waals surface area contributed by atoms with Gasteiger partial charge in [-0.2, -0.15) is 0 Å². The normalized spacial score (nSPS) is 16.2. The Morgan fingerprint density at radius 3 is 2.89 bits per heavy atom. The summed E-state index contributed by atoms with van der Waals surface area (Å²) in [7, 11) is 1.62. The third kappa shape index (κ3) is 3.25. The molecule has 3 nitrogen and oxygen atoms in total. The van der Waals surface area contributed by atoms with E-state index in [4.69, 9.17) is 4.74 Å². The Morgan fingerprint density at radius 1 is 1.56 bits per heavy atom. The Morgan fingerprint density at radius 2 is 2.28 bits per heavy atom. The molecule has 0 bridgehead atoms. The minimum Gasteiger partial charge on any atom is -0.496 e. The first-order valence-electron chi connectivity index (χ1n) is 6.18. The second kappa shape index (κ2) is 5.74. The zero-order valence-corrected chi connectivity index (χ0v) is 12.3. The van der Waals surface area contributed by atoms with Gasteiger partial charge in [-0.3, -0.25) is 4.79 Å². The molecule has 2 rings (SSSR count). The number of halogens is 1. The number of methoxy groups -OCH3 is 1. The molecule has 0 aromatic heterocycles. The molecule has 1 aromatic carbocycles. The standard InChI is InChI=1S/C14H18BrNO2/c1-9-3-4-11(7-13(9)18-2)14(17)16-8-12(15)10-5-6-10/h3-4,7,10,12H,5-6,8H2,1-2H3,(H,16,17). The molecule has 98 valence electrons. The summed E-state index contributed by atoms with van der Waals surface area (Å²) in [5.41, 5.74) is 1.68. The van der Waals surface area contributed by atoms with Crippen LogP contribution in [0.25, 0.3) is 0 Å². The Hall–Kier alpha value is -1.03. The molecule has 4 heteroatoms. The fourth-order valence-electron chi connectivity index (χ4n) is 1.88. The van der Waals surface area contributed by atoms with E-state index >= 15 is 0 Å². The number of aryl methyl sites for hydroxylation is 1. The molecule has 0 radical (unpaired) electrons. The summed E-state index contributed by atoms with van der Waals surface area (Å²) in [5, 5.41) is 2.95. The maximum atomic E-state index is 12.0. The summed E-state index contributed by atoms with van der Waals surface area (Å²) in [6, 6.07) is 5.51. The van der Waals surface area contributed by atoms with Crippen molar-refractivity contribution in [3.8, 4) is 5.75 Å². The summed E-state index contributed by atoms with van der Waals surface area (Å²) in [6.45, 7) is 2.64. The van der Waals surface area contributed by atoms with Gasteiger partial charge in [0.15, 0.2) is 0 Å². The van der Waals surface area contributed by atoms with E-state index in [1.165, 1.54) is 12.8 Å². The van der Waals surface area contributed by atoms with E-state index < -0.39 is 0 Å². The molecule has 0 aliphatic heterocycles. The van der Waals surface area contributed by atoms with Crippen molar-refractivity contribution in [2.75, 3.05) is 13.7 Å². The van der Waals surface area contributed by atoms with Gasteiger partial charge in [0.2, 0.25) is 0 Å². The number of amides is 1. The van der Waals surface area contributed by atoms with Gasteiger partial charge in [-0.05, 0) is 43.4 Å². The van der Waals surface area contributed by atoms with Crippen LogP contribution >= 0.6 is 15.9 Å². The summed E-state index contributed by atoms with van der Waals surface area (Å²) in [5.74, 6) is 1.44. The van der Waals surface area contributed by atoms with Gasteiger partial charge in [-0.25, -0.2) is 0 Å². The van der Waals surface area contributed by atoms with Gasteiger partial charge < -0.3 is 10.1 Å². The van der Waals surface area contributed by atoms with Crippen LogP contribution in [0.1, 0.15) is 28.8 Å². The zero-order valence-electron chi connectivity index (χ0n) is 10.7. The highest BCUT2D eigenvalue weighted by atomic mass is 79.9. The van der Waals surface area contributed by atoms with Crippen LogP contribution in [0.5, 0.6) is 5.75 Å². The van der Waals surface area contributed by atoms with E-state index in [0.717, 1.165) is 17.2 Å². The van der Waals surface area contributed by atoms with Gasteiger partial charge in [0.25, 0.3) is 5.91 Å². The number of hydrogen-bond acceptors (Lipinski definition) is 2. The second-order valence-corrected chi connectivity index (χ2v) is 5.92. The Bertz CT molecular complexity index is 443. The number of nitrogens with one attached hydrogen (secondary N) is 1. The lowest BCUT2D eigenvalue weighted by Crippen LogP contribution is -2.30. The van der Waals surface area contributed by atoms with Crippen molar-refractivity contribution in [1.82, 2.24) is 5.32 Å². The quantitative estimate of drug-likeness (QED) is 0.849. The SMILES string of the molecule is COc1cc(C(=O)NCC(Br)C2CC2)ccc1C. The van der Waals surface area contributed by atoms with Crippen molar-refractivity contribution < 1.29 is 9.53 Å². The lowest BCUT2D eigenvalue weighted by atomic mass is 10.1. The first-order valence-corrected chi connectivity index (χ1v) is 7.10. The fourth-order valence-corrected chi connectivity index (χ4v) is 2.57. The van der Waals surface area contributed by atoms with Crippen LogP contribution in [0.15, 0.2) is 18.2 Å². The maximum Gasteiger partial charge on any atom is 0.251 e. The lowest BCUT2D eigenvalue weighted by Gasteiger charge is -2.11. The second-order valence-electron chi connectivity index (χ2n) is 4.75. The smallest absolute Gasteiger partial charge is 0.251 e. The fraction of sp³-hybridized carbons (Fsp3) is 0.500. The van der Waals surface area contributed by atoms with Crippen molar-refractivity contribution in [3.63, 3.8) is 0 Å². The van der Waals surface area contributed by atoms with Crippen LogP contribution in [-0.2, 0) is 0 Å². The maximum absolute atomic E-state index is 12.0. The Kier molecular flexibility index (Phi) is 4.27. The molecule has 1 N–H and O–H groups in total. The molecular weight excluding hydrogens is 294 g/mol. The van der Waals surface area contributed by atoms with E-state index in [9.17, 15) is 4.79 Å².